The summed E-state index contributed by atoms with van der Waals surface area (Å²) in [5.41, 5.74) is 0.0660. The van der Waals surface area contributed by atoms with Crippen LogP contribution in [0.2, 0.25) is 5.15 Å². The van der Waals surface area contributed by atoms with Crippen LogP contribution in [0.25, 0.3) is 0 Å². The Bertz CT molecular complexity index is 508. The number of aromatic nitrogens is 1. The molecule has 1 fully saturated rings. The minimum Gasteiger partial charge on any atom is -0.364 e. The molecule has 0 bridgehead atoms. The molecule has 1 aromatic rings. The fourth-order valence-corrected chi connectivity index (χ4v) is 2.42. The summed E-state index contributed by atoms with van der Waals surface area (Å²) in [4.78, 5) is 3.97. The molecular formula is C14H17ClFN3. The Balaban J connectivity index is 2.22. The molecule has 0 radical (unpaired) electrons. The Morgan fingerprint density at radius 3 is 2.84 bits per heavy atom. The van der Waals surface area contributed by atoms with E-state index in [9.17, 15) is 4.39 Å². The molecule has 2 rings (SSSR count). The maximum Gasteiger partial charge on any atom is 0.166 e. The molecule has 2 atom stereocenters. The van der Waals surface area contributed by atoms with Gasteiger partial charge >= 0.3 is 0 Å². The number of hydrogen-bond acceptors (Lipinski definition) is 3. The van der Waals surface area contributed by atoms with E-state index in [4.69, 9.17) is 16.9 Å². The maximum absolute atomic E-state index is 13.9. The van der Waals surface area contributed by atoms with Gasteiger partial charge in [0.2, 0.25) is 0 Å². The summed E-state index contributed by atoms with van der Waals surface area (Å²) in [7, 11) is 0. The van der Waals surface area contributed by atoms with E-state index < -0.39 is 5.82 Å². The number of nitriles is 1. The molecule has 0 saturated heterocycles. The lowest BCUT2D eigenvalue weighted by Gasteiger charge is -2.25. The van der Waals surface area contributed by atoms with Gasteiger partial charge in [-0.05, 0) is 30.7 Å². The molecule has 1 heterocycles. The van der Waals surface area contributed by atoms with Crippen LogP contribution in [-0.2, 0) is 0 Å². The van der Waals surface area contributed by atoms with Crippen molar-refractivity contribution in [2.45, 2.75) is 39.2 Å². The van der Waals surface area contributed by atoms with Crippen molar-refractivity contribution in [3.8, 4) is 6.07 Å². The van der Waals surface area contributed by atoms with Crippen molar-refractivity contribution in [3.63, 3.8) is 0 Å². The maximum atomic E-state index is 13.9. The highest BCUT2D eigenvalue weighted by Crippen LogP contribution is 2.38. The van der Waals surface area contributed by atoms with Crippen LogP contribution in [0.15, 0.2) is 6.07 Å². The average Bonchev–Trinajstić information content (AvgIpc) is 3.22. The van der Waals surface area contributed by atoms with E-state index in [2.05, 4.69) is 24.1 Å². The fraction of sp³-hybridized carbons (Fsp3) is 0.571. The van der Waals surface area contributed by atoms with Crippen molar-refractivity contribution in [2.24, 2.45) is 11.8 Å². The topological polar surface area (TPSA) is 48.7 Å². The molecule has 0 amide bonds. The summed E-state index contributed by atoms with van der Waals surface area (Å²) in [6.07, 6.45) is 3.38. The van der Waals surface area contributed by atoms with Crippen LogP contribution in [0.5, 0.6) is 0 Å². The first-order valence-corrected chi connectivity index (χ1v) is 6.97. The normalized spacial score (nSPS) is 17.6. The first-order chi connectivity index (χ1) is 9.06. The quantitative estimate of drug-likeness (QED) is 0.831. The van der Waals surface area contributed by atoms with Crippen LogP contribution < -0.4 is 5.32 Å². The first kappa shape index (κ1) is 14.1. The summed E-state index contributed by atoms with van der Waals surface area (Å²) in [5.74, 6) is 0.671. The predicted molar refractivity (Wildman–Crippen MR) is 73.5 cm³/mol. The van der Waals surface area contributed by atoms with Gasteiger partial charge in [-0.25, -0.2) is 9.37 Å². The third-order valence-corrected chi connectivity index (χ3v) is 4.03. The molecule has 0 aliphatic heterocycles. The van der Waals surface area contributed by atoms with Crippen LogP contribution in [0.4, 0.5) is 10.2 Å². The van der Waals surface area contributed by atoms with Crippen molar-refractivity contribution in [1.29, 1.82) is 5.26 Å². The first-order valence-electron chi connectivity index (χ1n) is 6.59. The molecule has 1 saturated carbocycles. The minimum absolute atomic E-state index is 0.0464. The number of nitrogens with zero attached hydrogens (tertiary/aromatic N) is 2. The van der Waals surface area contributed by atoms with E-state index in [1.165, 1.54) is 12.8 Å². The van der Waals surface area contributed by atoms with Crippen LogP contribution in [0.1, 0.15) is 38.7 Å². The highest BCUT2D eigenvalue weighted by atomic mass is 35.5. The second-order valence-electron chi connectivity index (χ2n) is 5.16. The molecule has 0 aromatic carbocycles. The van der Waals surface area contributed by atoms with Gasteiger partial charge in [-0.15, -0.1) is 0 Å². The van der Waals surface area contributed by atoms with E-state index in [1.54, 1.807) is 0 Å². The standard InChI is InChI=1S/C14H17ClFN3/c1-3-8(2)12(9-4-5-9)18-14-11(16)6-10(7-17)13(15)19-14/h6,8-9,12H,3-5H2,1-2H3,(H,18,19)/t8-,12-/m0/s1. The minimum atomic E-state index is -0.519. The van der Waals surface area contributed by atoms with Crippen LogP contribution in [0, 0.1) is 29.0 Å². The van der Waals surface area contributed by atoms with Gasteiger partial charge in [0.05, 0.1) is 5.56 Å². The van der Waals surface area contributed by atoms with Gasteiger partial charge in [0.1, 0.15) is 11.2 Å². The van der Waals surface area contributed by atoms with Gasteiger partial charge in [0.15, 0.2) is 11.6 Å². The molecule has 102 valence electrons. The molecule has 1 aliphatic carbocycles. The predicted octanol–water partition coefficient (Wildman–Crippen LogP) is 3.98. The molecule has 19 heavy (non-hydrogen) atoms. The number of nitrogens with one attached hydrogen (secondary N) is 1. The Morgan fingerprint density at radius 1 is 1.63 bits per heavy atom. The zero-order chi connectivity index (χ0) is 14.0. The van der Waals surface area contributed by atoms with E-state index in [0.29, 0.717) is 11.8 Å². The molecule has 3 nitrogen and oxygen atoms in total. The third kappa shape index (κ3) is 3.16. The van der Waals surface area contributed by atoms with Gasteiger partial charge in [-0.3, -0.25) is 0 Å². The number of pyridine rings is 1. The van der Waals surface area contributed by atoms with Crippen molar-refractivity contribution in [3.05, 3.63) is 22.6 Å². The molecule has 1 aromatic heterocycles. The second-order valence-corrected chi connectivity index (χ2v) is 5.52. The SMILES string of the molecule is CC[C@H](C)[C@H](Nc1nc(Cl)c(C#N)cc1F)C1CC1. The highest BCUT2D eigenvalue weighted by molar-refractivity contribution is 6.30. The molecule has 1 aliphatic rings. The van der Waals surface area contributed by atoms with E-state index in [-0.39, 0.29) is 22.6 Å². The average molecular weight is 282 g/mol. The van der Waals surface area contributed by atoms with Gasteiger partial charge in [-0.2, -0.15) is 5.26 Å². The Kier molecular flexibility index (Phi) is 4.26. The van der Waals surface area contributed by atoms with Crippen LogP contribution >= 0.6 is 11.6 Å². The van der Waals surface area contributed by atoms with Crippen molar-refractivity contribution in [1.82, 2.24) is 4.98 Å². The number of hydrogen-bond donors (Lipinski definition) is 1. The summed E-state index contributed by atoms with van der Waals surface area (Å²) in [6, 6.07) is 3.18. The summed E-state index contributed by atoms with van der Waals surface area (Å²) in [5, 5.41) is 12.0. The summed E-state index contributed by atoms with van der Waals surface area (Å²) >= 11 is 5.85. The molecular weight excluding hydrogens is 265 g/mol. The van der Waals surface area contributed by atoms with Gasteiger partial charge < -0.3 is 5.32 Å². The Labute approximate surface area is 117 Å². The van der Waals surface area contributed by atoms with Crippen molar-refractivity contribution in [2.75, 3.05) is 5.32 Å². The van der Waals surface area contributed by atoms with Gasteiger partial charge in [-0.1, -0.05) is 31.9 Å². The van der Waals surface area contributed by atoms with Crippen LogP contribution in [-0.4, -0.2) is 11.0 Å². The van der Waals surface area contributed by atoms with E-state index >= 15 is 0 Å². The smallest absolute Gasteiger partial charge is 0.166 e. The summed E-state index contributed by atoms with van der Waals surface area (Å²) in [6.45, 7) is 4.27. The third-order valence-electron chi connectivity index (χ3n) is 3.74. The lowest BCUT2D eigenvalue weighted by Crippen LogP contribution is -2.30. The fourth-order valence-electron chi connectivity index (χ4n) is 2.24. The molecule has 1 N–H and O–H groups in total. The van der Waals surface area contributed by atoms with E-state index in [0.717, 1.165) is 12.5 Å². The molecule has 5 heteroatoms. The Morgan fingerprint density at radius 2 is 2.32 bits per heavy atom. The monoisotopic (exact) mass is 281 g/mol. The lowest BCUT2D eigenvalue weighted by molar-refractivity contribution is 0.427. The number of anilines is 1. The van der Waals surface area contributed by atoms with E-state index in [1.807, 2.05) is 6.07 Å². The van der Waals surface area contributed by atoms with Gasteiger partial charge in [0, 0.05) is 6.04 Å². The lowest BCUT2D eigenvalue weighted by atomic mass is 9.95. The Hall–Kier alpha value is -1.34. The molecule has 0 unspecified atom stereocenters. The van der Waals surface area contributed by atoms with Crippen molar-refractivity contribution >= 4 is 17.4 Å². The highest BCUT2D eigenvalue weighted by Gasteiger charge is 2.34. The molecule has 0 spiro atoms. The zero-order valence-electron chi connectivity index (χ0n) is 11.1. The van der Waals surface area contributed by atoms with Crippen molar-refractivity contribution < 1.29 is 4.39 Å². The zero-order valence-corrected chi connectivity index (χ0v) is 11.8. The largest absolute Gasteiger partial charge is 0.364 e. The van der Waals surface area contributed by atoms with Gasteiger partial charge in [0.25, 0.3) is 0 Å². The number of rotatable bonds is 5. The second kappa shape index (κ2) is 5.75. The summed E-state index contributed by atoms with van der Waals surface area (Å²) < 4.78 is 13.9. The number of halogens is 2. The van der Waals surface area contributed by atoms with Crippen LogP contribution in [0.3, 0.4) is 0 Å².